The van der Waals surface area contributed by atoms with E-state index < -0.39 is 17.6 Å². The Balaban J connectivity index is 2.20. The van der Waals surface area contributed by atoms with Gasteiger partial charge in [-0.2, -0.15) is 13.2 Å². The molecule has 1 aromatic rings. The molecule has 1 unspecified atom stereocenters. The van der Waals surface area contributed by atoms with Gasteiger partial charge in [0, 0.05) is 32.2 Å². The number of piperazine rings is 1. The van der Waals surface area contributed by atoms with Gasteiger partial charge in [-0.15, -0.1) is 0 Å². The molecule has 2 rings (SSSR count). The van der Waals surface area contributed by atoms with Crippen LogP contribution in [0.15, 0.2) is 18.2 Å². The van der Waals surface area contributed by atoms with E-state index in [2.05, 4.69) is 5.32 Å². The number of halogens is 4. The van der Waals surface area contributed by atoms with Gasteiger partial charge in [0.15, 0.2) is 0 Å². The maximum Gasteiger partial charge on any atom is 0.416 e. The zero-order chi connectivity index (χ0) is 14.0. The lowest BCUT2D eigenvalue weighted by Crippen LogP contribution is -2.48. The molecule has 1 heterocycles. The lowest BCUT2D eigenvalue weighted by Gasteiger charge is -2.32. The van der Waals surface area contributed by atoms with E-state index in [1.807, 2.05) is 11.8 Å². The van der Waals surface area contributed by atoms with Gasteiger partial charge in [-0.25, -0.2) is 4.39 Å². The van der Waals surface area contributed by atoms with E-state index in [9.17, 15) is 17.6 Å². The van der Waals surface area contributed by atoms with Crippen molar-refractivity contribution in [2.75, 3.05) is 19.6 Å². The van der Waals surface area contributed by atoms with Crippen LogP contribution in [0.5, 0.6) is 0 Å². The van der Waals surface area contributed by atoms with Gasteiger partial charge in [-0.1, -0.05) is 6.07 Å². The number of nitrogens with one attached hydrogen (secondary N) is 1. The van der Waals surface area contributed by atoms with E-state index in [1.165, 1.54) is 6.07 Å². The first-order valence-electron chi connectivity index (χ1n) is 6.17. The molecule has 0 aromatic heterocycles. The highest BCUT2D eigenvalue weighted by molar-refractivity contribution is 5.30. The van der Waals surface area contributed by atoms with Crippen LogP contribution in [0.3, 0.4) is 0 Å². The summed E-state index contributed by atoms with van der Waals surface area (Å²) in [5.74, 6) is -0.857. The van der Waals surface area contributed by atoms with Gasteiger partial charge in [0.1, 0.15) is 5.82 Å². The molecule has 1 N–H and O–H groups in total. The van der Waals surface area contributed by atoms with E-state index in [0.29, 0.717) is 19.2 Å². The molecule has 0 aliphatic carbocycles. The second kappa shape index (κ2) is 5.46. The highest BCUT2D eigenvalue weighted by atomic mass is 19.4. The summed E-state index contributed by atoms with van der Waals surface area (Å²) in [7, 11) is 0. The number of alkyl halides is 3. The molecule has 6 heteroatoms. The molecule has 1 aliphatic rings. The van der Waals surface area contributed by atoms with Crippen LogP contribution in [-0.4, -0.2) is 30.6 Å². The second-order valence-corrected chi connectivity index (χ2v) is 4.89. The first-order valence-corrected chi connectivity index (χ1v) is 6.17. The number of nitrogens with zero attached hydrogens (tertiary/aromatic N) is 1. The fourth-order valence-corrected chi connectivity index (χ4v) is 2.35. The van der Waals surface area contributed by atoms with Crippen molar-refractivity contribution >= 4 is 0 Å². The van der Waals surface area contributed by atoms with Gasteiger partial charge >= 0.3 is 6.18 Å². The van der Waals surface area contributed by atoms with Crippen LogP contribution in [0.25, 0.3) is 0 Å². The van der Waals surface area contributed by atoms with Crippen LogP contribution < -0.4 is 5.32 Å². The van der Waals surface area contributed by atoms with Gasteiger partial charge in [0.2, 0.25) is 0 Å². The van der Waals surface area contributed by atoms with Crippen LogP contribution in [0.4, 0.5) is 17.6 Å². The Hall–Kier alpha value is -1.14. The van der Waals surface area contributed by atoms with Crippen LogP contribution in [0.1, 0.15) is 18.1 Å². The Kier molecular flexibility index (Phi) is 4.10. The molecular formula is C13H16F4N2. The average Bonchev–Trinajstić information content (AvgIpc) is 2.30. The fourth-order valence-electron chi connectivity index (χ4n) is 2.35. The third kappa shape index (κ3) is 3.67. The van der Waals surface area contributed by atoms with Crippen LogP contribution in [0, 0.1) is 5.82 Å². The van der Waals surface area contributed by atoms with E-state index in [-0.39, 0.29) is 18.2 Å². The zero-order valence-corrected chi connectivity index (χ0v) is 10.6. The maximum absolute atomic E-state index is 13.0. The number of benzene rings is 1. The maximum atomic E-state index is 13.0. The van der Waals surface area contributed by atoms with Crippen LogP contribution >= 0.6 is 0 Å². The predicted molar refractivity (Wildman–Crippen MR) is 64.1 cm³/mol. The molecule has 1 fully saturated rings. The number of rotatable bonds is 2. The van der Waals surface area contributed by atoms with Crippen molar-refractivity contribution in [3.63, 3.8) is 0 Å². The summed E-state index contributed by atoms with van der Waals surface area (Å²) in [4.78, 5) is 1.95. The Labute approximate surface area is 109 Å². The average molecular weight is 276 g/mol. The van der Waals surface area contributed by atoms with Crippen LogP contribution in [-0.2, 0) is 12.7 Å². The molecule has 1 aliphatic heterocycles. The molecule has 0 bridgehead atoms. The first-order chi connectivity index (χ1) is 8.86. The summed E-state index contributed by atoms with van der Waals surface area (Å²) in [6.45, 7) is 4.32. The molecule has 1 saturated heterocycles. The minimum Gasteiger partial charge on any atom is -0.312 e. The largest absolute Gasteiger partial charge is 0.416 e. The van der Waals surface area contributed by atoms with E-state index >= 15 is 0 Å². The third-order valence-corrected chi connectivity index (χ3v) is 3.22. The van der Waals surface area contributed by atoms with Crippen molar-refractivity contribution in [3.8, 4) is 0 Å². The summed E-state index contributed by atoms with van der Waals surface area (Å²) in [6.07, 6.45) is -4.52. The van der Waals surface area contributed by atoms with Gasteiger partial charge in [0.05, 0.1) is 5.56 Å². The molecule has 0 radical (unpaired) electrons. The minimum absolute atomic E-state index is 0.128. The summed E-state index contributed by atoms with van der Waals surface area (Å²) in [5.41, 5.74) is -0.748. The van der Waals surface area contributed by atoms with Crippen molar-refractivity contribution in [2.24, 2.45) is 0 Å². The van der Waals surface area contributed by atoms with Crippen molar-refractivity contribution in [1.29, 1.82) is 0 Å². The highest BCUT2D eigenvalue weighted by Gasteiger charge is 2.34. The monoisotopic (exact) mass is 276 g/mol. The number of hydrogen-bond acceptors (Lipinski definition) is 2. The van der Waals surface area contributed by atoms with Gasteiger partial charge in [-0.05, 0) is 24.6 Å². The summed E-state index contributed by atoms with van der Waals surface area (Å²) in [5, 5.41) is 3.23. The van der Waals surface area contributed by atoms with Crippen molar-refractivity contribution in [1.82, 2.24) is 10.2 Å². The third-order valence-electron chi connectivity index (χ3n) is 3.22. The lowest BCUT2D eigenvalue weighted by molar-refractivity contribution is -0.138. The standard InChI is InChI=1S/C13H16F4N2/c1-9-7-19(5-4-18-9)8-10-2-3-11(14)6-12(10)13(15,16)17/h2-3,6,9,18H,4-5,7-8H2,1H3. The Morgan fingerprint density at radius 2 is 2.11 bits per heavy atom. The number of hydrogen-bond donors (Lipinski definition) is 1. The zero-order valence-electron chi connectivity index (χ0n) is 10.6. The molecule has 1 aromatic carbocycles. The van der Waals surface area contributed by atoms with Crippen LogP contribution in [0.2, 0.25) is 0 Å². The predicted octanol–water partition coefficient (Wildman–Crippen LogP) is 2.64. The van der Waals surface area contributed by atoms with Crippen molar-refractivity contribution in [2.45, 2.75) is 25.7 Å². The van der Waals surface area contributed by atoms with Crippen molar-refractivity contribution < 1.29 is 17.6 Å². The van der Waals surface area contributed by atoms with E-state index in [4.69, 9.17) is 0 Å². The molecule has 106 valence electrons. The van der Waals surface area contributed by atoms with Crippen molar-refractivity contribution in [3.05, 3.63) is 35.1 Å². The topological polar surface area (TPSA) is 15.3 Å². The minimum atomic E-state index is -4.52. The molecule has 0 spiro atoms. The molecule has 19 heavy (non-hydrogen) atoms. The Morgan fingerprint density at radius 3 is 2.74 bits per heavy atom. The lowest BCUT2D eigenvalue weighted by atomic mass is 10.1. The van der Waals surface area contributed by atoms with E-state index in [0.717, 1.165) is 12.6 Å². The van der Waals surface area contributed by atoms with Gasteiger partial charge < -0.3 is 5.32 Å². The Morgan fingerprint density at radius 1 is 1.37 bits per heavy atom. The SMILES string of the molecule is CC1CN(Cc2ccc(F)cc2C(F)(F)F)CCN1. The quantitative estimate of drug-likeness (QED) is 0.835. The molecule has 1 atom stereocenters. The summed E-state index contributed by atoms with van der Waals surface area (Å²) >= 11 is 0. The molecular weight excluding hydrogens is 260 g/mol. The van der Waals surface area contributed by atoms with E-state index in [1.54, 1.807) is 0 Å². The van der Waals surface area contributed by atoms with Gasteiger partial charge in [-0.3, -0.25) is 4.90 Å². The summed E-state index contributed by atoms with van der Waals surface area (Å²) in [6, 6.07) is 3.13. The molecule has 2 nitrogen and oxygen atoms in total. The second-order valence-electron chi connectivity index (χ2n) is 4.89. The first kappa shape index (κ1) is 14.3. The smallest absolute Gasteiger partial charge is 0.312 e. The fraction of sp³-hybridized carbons (Fsp3) is 0.538. The Bertz CT molecular complexity index is 445. The normalized spacial score (nSPS) is 21.6. The highest BCUT2D eigenvalue weighted by Crippen LogP contribution is 2.33. The summed E-state index contributed by atoms with van der Waals surface area (Å²) < 4.78 is 51.6. The van der Waals surface area contributed by atoms with Gasteiger partial charge in [0.25, 0.3) is 0 Å². The molecule has 0 saturated carbocycles. The molecule has 0 amide bonds.